The summed E-state index contributed by atoms with van der Waals surface area (Å²) in [4.78, 5) is 12.7. The lowest BCUT2D eigenvalue weighted by Crippen LogP contribution is -3.00. The molecular weight excluding hydrogens is 400 g/mol. The smallest absolute Gasteiger partial charge is 0.254 e. The van der Waals surface area contributed by atoms with Crippen LogP contribution in [0.4, 0.5) is 0 Å². The van der Waals surface area contributed by atoms with Crippen LogP contribution >= 0.6 is 0 Å². The highest BCUT2D eigenvalue weighted by molar-refractivity contribution is 5.96. The summed E-state index contributed by atoms with van der Waals surface area (Å²) in [6, 6.07) is 28.2. The molecule has 0 atom stereocenters. The maximum Gasteiger partial charge on any atom is 0.254 e. The van der Waals surface area contributed by atoms with E-state index in [0.29, 0.717) is 6.54 Å². The van der Waals surface area contributed by atoms with Gasteiger partial charge >= 0.3 is 0 Å². The van der Waals surface area contributed by atoms with Crippen molar-refractivity contribution in [2.75, 3.05) is 0 Å². The first kappa shape index (κ1) is 19.1. The van der Waals surface area contributed by atoms with Crippen LogP contribution in [0, 0.1) is 6.92 Å². The highest BCUT2D eigenvalue weighted by Gasteiger charge is 2.23. The van der Waals surface area contributed by atoms with Gasteiger partial charge in [-0.3, -0.25) is 4.79 Å². The Morgan fingerprint density at radius 2 is 1.44 bits per heavy atom. The second-order valence-corrected chi connectivity index (χ2v) is 6.48. The normalized spacial score (nSPS) is 10.6. The first-order valence-corrected chi connectivity index (χ1v) is 8.84. The highest BCUT2D eigenvalue weighted by Crippen LogP contribution is 2.16. The van der Waals surface area contributed by atoms with E-state index in [2.05, 4.69) is 52.5 Å². The van der Waals surface area contributed by atoms with E-state index in [9.17, 15) is 4.79 Å². The van der Waals surface area contributed by atoms with Gasteiger partial charge in [-0.2, -0.15) is 0 Å². The summed E-state index contributed by atoms with van der Waals surface area (Å²) in [6.07, 6.45) is 0. The van der Waals surface area contributed by atoms with Crippen molar-refractivity contribution in [1.29, 1.82) is 0 Å². The lowest BCUT2D eigenvalue weighted by atomic mass is 10.1. The minimum absolute atomic E-state index is 0. The molecule has 0 N–H and O–H groups in total. The van der Waals surface area contributed by atoms with Crippen LogP contribution in [-0.2, 0) is 13.1 Å². The van der Waals surface area contributed by atoms with Crippen LogP contribution in [0.25, 0.3) is 11.0 Å². The lowest BCUT2D eigenvalue weighted by molar-refractivity contribution is -0.669. The summed E-state index contributed by atoms with van der Waals surface area (Å²) in [5.74, 6) is 1.21. The van der Waals surface area contributed by atoms with Crippen LogP contribution in [0.2, 0.25) is 0 Å². The number of para-hydroxylation sites is 2. The van der Waals surface area contributed by atoms with Crippen LogP contribution in [0.5, 0.6) is 0 Å². The zero-order chi connectivity index (χ0) is 17.9. The van der Waals surface area contributed by atoms with Crippen molar-refractivity contribution in [3.05, 3.63) is 102 Å². The number of imidazole rings is 1. The number of benzene rings is 3. The Labute approximate surface area is 169 Å². The number of hydrogen-bond donors (Lipinski definition) is 0. The zero-order valence-corrected chi connectivity index (χ0v) is 16.8. The van der Waals surface area contributed by atoms with Gasteiger partial charge in [-0.25, -0.2) is 9.13 Å². The molecule has 0 saturated carbocycles. The van der Waals surface area contributed by atoms with Gasteiger partial charge in [-0.1, -0.05) is 72.8 Å². The Bertz CT molecular complexity index is 1060. The van der Waals surface area contributed by atoms with E-state index in [1.54, 1.807) is 0 Å². The Balaban J connectivity index is 0.00000210. The van der Waals surface area contributed by atoms with Crippen LogP contribution in [0.3, 0.4) is 0 Å². The average molecular weight is 421 g/mol. The molecule has 3 nitrogen and oxygen atoms in total. The molecule has 3 aromatic carbocycles. The predicted octanol–water partition coefficient (Wildman–Crippen LogP) is 1.17. The van der Waals surface area contributed by atoms with E-state index >= 15 is 0 Å². The molecule has 0 unspecified atom stereocenters. The molecule has 136 valence electrons. The summed E-state index contributed by atoms with van der Waals surface area (Å²) >= 11 is 0. The minimum Gasteiger partial charge on any atom is -1.00 e. The molecule has 4 aromatic rings. The molecule has 0 bridgehead atoms. The number of fused-ring (bicyclic) bond motifs is 1. The van der Waals surface area contributed by atoms with Gasteiger partial charge in [-0.15, -0.1) is 0 Å². The fourth-order valence-electron chi connectivity index (χ4n) is 3.44. The van der Waals surface area contributed by atoms with Gasteiger partial charge in [0.1, 0.15) is 6.54 Å². The number of ketones is 1. The third kappa shape index (κ3) is 3.86. The Morgan fingerprint density at radius 3 is 2.15 bits per heavy atom. The molecule has 1 aromatic heterocycles. The molecule has 0 aliphatic rings. The Hall–Kier alpha value is -2.72. The van der Waals surface area contributed by atoms with E-state index in [0.717, 1.165) is 29.0 Å². The Morgan fingerprint density at radius 1 is 0.852 bits per heavy atom. The molecule has 0 amide bonds. The van der Waals surface area contributed by atoms with Crippen molar-refractivity contribution in [2.24, 2.45) is 0 Å². The van der Waals surface area contributed by atoms with Crippen molar-refractivity contribution in [3.63, 3.8) is 0 Å². The van der Waals surface area contributed by atoms with Crippen molar-refractivity contribution in [2.45, 2.75) is 20.0 Å². The summed E-state index contributed by atoms with van der Waals surface area (Å²) in [5, 5.41) is 0. The van der Waals surface area contributed by atoms with Crippen molar-refractivity contribution in [3.8, 4) is 0 Å². The van der Waals surface area contributed by atoms with Gasteiger partial charge in [0.15, 0.2) is 17.6 Å². The van der Waals surface area contributed by atoms with Crippen molar-refractivity contribution < 1.29 is 26.3 Å². The summed E-state index contributed by atoms with van der Waals surface area (Å²) in [6.45, 7) is 3.22. The minimum atomic E-state index is 0. The SMILES string of the molecule is Cc1n(CC(=O)c2ccccc2)c2ccccc2[n+]1Cc1ccccc1.[Br-]. The number of hydrogen-bond acceptors (Lipinski definition) is 1. The predicted molar refractivity (Wildman–Crippen MR) is 103 cm³/mol. The van der Waals surface area contributed by atoms with Crippen LogP contribution in [-0.4, -0.2) is 10.4 Å². The van der Waals surface area contributed by atoms with Gasteiger partial charge in [-0.05, 0) is 17.7 Å². The second-order valence-electron chi connectivity index (χ2n) is 6.48. The molecule has 0 spiro atoms. The lowest BCUT2D eigenvalue weighted by Gasteiger charge is -2.02. The summed E-state index contributed by atoms with van der Waals surface area (Å²) in [5.41, 5.74) is 4.23. The molecular formula is C23H21BrN2O. The average Bonchev–Trinajstić information content (AvgIpc) is 2.95. The molecule has 0 fully saturated rings. The second kappa shape index (κ2) is 8.31. The molecule has 1 heterocycles. The molecule has 0 aliphatic heterocycles. The summed E-state index contributed by atoms with van der Waals surface area (Å²) < 4.78 is 4.40. The third-order valence-electron chi connectivity index (χ3n) is 4.83. The first-order chi connectivity index (χ1) is 12.7. The number of nitrogens with zero attached hydrogens (tertiary/aromatic N) is 2. The van der Waals surface area contributed by atoms with E-state index < -0.39 is 0 Å². The van der Waals surface area contributed by atoms with Gasteiger partial charge in [0.2, 0.25) is 5.78 Å². The van der Waals surface area contributed by atoms with E-state index in [1.807, 2.05) is 48.5 Å². The molecule has 27 heavy (non-hydrogen) atoms. The molecule has 0 saturated heterocycles. The number of carbonyl (C=O) groups is 1. The number of carbonyl (C=O) groups excluding carboxylic acids is 1. The standard InChI is InChI=1S/C23H21N2O.BrH/c1-18-24(16-19-10-4-2-5-11-19)21-14-8-9-15-22(21)25(18)17-23(26)20-12-6-3-7-13-20;/h2-15H,16-17H2,1H3;1H/q+1;/p-1. The van der Waals surface area contributed by atoms with Crippen LogP contribution in [0.15, 0.2) is 84.9 Å². The highest BCUT2D eigenvalue weighted by atomic mass is 79.9. The molecule has 0 radical (unpaired) electrons. The van der Waals surface area contributed by atoms with Crippen LogP contribution in [0.1, 0.15) is 21.7 Å². The first-order valence-electron chi connectivity index (χ1n) is 8.84. The number of Topliss-reactive ketones (excluding diaryl/α,β-unsaturated/α-hetero) is 1. The number of rotatable bonds is 5. The van der Waals surface area contributed by atoms with E-state index in [4.69, 9.17) is 0 Å². The third-order valence-corrected chi connectivity index (χ3v) is 4.83. The fourth-order valence-corrected chi connectivity index (χ4v) is 3.44. The fraction of sp³-hybridized carbons (Fsp3) is 0.130. The monoisotopic (exact) mass is 420 g/mol. The quantitative estimate of drug-likeness (QED) is 0.351. The van der Waals surface area contributed by atoms with Gasteiger partial charge < -0.3 is 17.0 Å². The maximum atomic E-state index is 12.7. The van der Waals surface area contributed by atoms with Crippen molar-refractivity contribution >= 4 is 16.8 Å². The largest absolute Gasteiger partial charge is 1.00 e. The van der Waals surface area contributed by atoms with E-state index in [-0.39, 0.29) is 22.8 Å². The van der Waals surface area contributed by atoms with Crippen molar-refractivity contribution in [1.82, 2.24) is 4.57 Å². The summed E-state index contributed by atoms with van der Waals surface area (Å²) in [7, 11) is 0. The van der Waals surface area contributed by atoms with Gasteiger partial charge in [0.25, 0.3) is 5.82 Å². The Kier molecular flexibility index (Phi) is 5.87. The zero-order valence-electron chi connectivity index (χ0n) is 15.2. The van der Waals surface area contributed by atoms with E-state index in [1.165, 1.54) is 5.56 Å². The van der Waals surface area contributed by atoms with Crippen LogP contribution < -0.4 is 21.5 Å². The molecule has 0 aliphatic carbocycles. The number of halogens is 1. The maximum absolute atomic E-state index is 12.7. The van der Waals surface area contributed by atoms with Gasteiger partial charge in [0.05, 0.1) is 0 Å². The number of aromatic nitrogens is 2. The molecule has 4 rings (SSSR count). The topological polar surface area (TPSA) is 25.9 Å². The van der Waals surface area contributed by atoms with Gasteiger partial charge in [0, 0.05) is 12.5 Å². The molecule has 4 heteroatoms.